The highest BCUT2D eigenvalue weighted by molar-refractivity contribution is 6.09. The molecule has 33 heavy (non-hydrogen) atoms. The molecule has 2 aliphatic rings. The molecule has 1 saturated heterocycles. The van der Waals surface area contributed by atoms with Crippen molar-refractivity contribution in [2.45, 2.75) is 38.3 Å². The normalized spacial score (nSPS) is 20.3. The number of aryl methyl sites for hydroxylation is 1. The summed E-state index contributed by atoms with van der Waals surface area (Å²) in [4.78, 5) is 25.1. The Kier molecular flexibility index (Phi) is 6.83. The lowest BCUT2D eigenvalue weighted by Gasteiger charge is -2.29. The molecule has 0 unspecified atom stereocenters. The summed E-state index contributed by atoms with van der Waals surface area (Å²) in [5.41, 5.74) is 3.31. The zero-order chi connectivity index (χ0) is 22.2. The number of aliphatic hydroxyl groups is 1. The van der Waals surface area contributed by atoms with E-state index in [2.05, 4.69) is 25.6 Å². The number of rotatable bonds is 6. The highest BCUT2D eigenvalue weighted by Crippen LogP contribution is 2.36. The van der Waals surface area contributed by atoms with Gasteiger partial charge in [-0.15, -0.1) is 12.4 Å². The Morgan fingerprint density at radius 3 is 2.88 bits per heavy atom. The third kappa shape index (κ3) is 4.80. The molecule has 176 valence electrons. The Balaban J connectivity index is 0.00000259. The molecule has 4 N–H and O–H groups in total. The molecule has 0 radical (unpaired) electrons. The summed E-state index contributed by atoms with van der Waals surface area (Å²) < 4.78 is 19.9. The van der Waals surface area contributed by atoms with Crippen LogP contribution >= 0.6 is 12.4 Å². The first kappa shape index (κ1) is 23.4. The molecule has 0 spiro atoms. The van der Waals surface area contributed by atoms with Crippen molar-refractivity contribution in [1.29, 1.82) is 0 Å². The van der Waals surface area contributed by atoms with E-state index in [0.717, 1.165) is 19.4 Å². The summed E-state index contributed by atoms with van der Waals surface area (Å²) in [6, 6.07) is 4.05. The minimum absolute atomic E-state index is 0. The van der Waals surface area contributed by atoms with Crippen LogP contribution in [0.25, 0.3) is 22.3 Å². The van der Waals surface area contributed by atoms with Crippen LogP contribution in [0.2, 0.25) is 0 Å². The lowest BCUT2D eigenvalue weighted by Crippen LogP contribution is -2.52. The molecule has 1 aromatic carbocycles. The maximum absolute atomic E-state index is 13.9. The van der Waals surface area contributed by atoms with E-state index >= 15 is 0 Å². The SMILES string of the molecule is Cc1[nH]c2c(-c3ccc(F)cc3OCC3CC3)ncnc2c1C(=O)N[C@H]1CCNC[C@@H]1O.Cl. The highest BCUT2D eigenvalue weighted by Gasteiger charge is 2.28. The molecule has 8 nitrogen and oxygen atoms in total. The number of piperidine rings is 1. The second-order valence-corrected chi connectivity index (χ2v) is 8.61. The zero-order valence-corrected chi connectivity index (χ0v) is 19.0. The molecule has 1 saturated carbocycles. The van der Waals surface area contributed by atoms with Gasteiger partial charge in [-0.25, -0.2) is 14.4 Å². The van der Waals surface area contributed by atoms with Gasteiger partial charge in [-0.2, -0.15) is 0 Å². The Hall–Kier alpha value is -2.75. The van der Waals surface area contributed by atoms with Gasteiger partial charge in [0.1, 0.15) is 29.1 Å². The minimum Gasteiger partial charge on any atom is -0.492 e. The summed E-state index contributed by atoms with van der Waals surface area (Å²) in [5, 5.41) is 16.2. The number of fused-ring (bicyclic) bond motifs is 1. The van der Waals surface area contributed by atoms with E-state index in [4.69, 9.17) is 4.74 Å². The van der Waals surface area contributed by atoms with Gasteiger partial charge in [-0.1, -0.05) is 0 Å². The molecule has 2 fully saturated rings. The van der Waals surface area contributed by atoms with Crippen molar-refractivity contribution in [3.63, 3.8) is 0 Å². The van der Waals surface area contributed by atoms with Gasteiger partial charge in [0.2, 0.25) is 0 Å². The van der Waals surface area contributed by atoms with Gasteiger partial charge in [-0.3, -0.25) is 4.79 Å². The molecule has 0 bridgehead atoms. The van der Waals surface area contributed by atoms with Crippen LogP contribution in [0.1, 0.15) is 35.3 Å². The fourth-order valence-corrected chi connectivity index (χ4v) is 4.16. The van der Waals surface area contributed by atoms with Crippen LogP contribution in [0.4, 0.5) is 4.39 Å². The summed E-state index contributed by atoms with van der Waals surface area (Å²) >= 11 is 0. The predicted octanol–water partition coefficient (Wildman–Crippen LogP) is 2.74. The monoisotopic (exact) mass is 475 g/mol. The summed E-state index contributed by atoms with van der Waals surface area (Å²) in [7, 11) is 0. The van der Waals surface area contributed by atoms with E-state index in [1.807, 2.05) is 0 Å². The van der Waals surface area contributed by atoms with Crippen molar-refractivity contribution in [2.24, 2.45) is 5.92 Å². The first-order valence-electron chi connectivity index (χ1n) is 11.0. The maximum atomic E-state index is 13.9. The first-order chi connectivity index (χ1) is 15.5. The fourth-order valence-electron chi connectivity index (χ4n) is 4.16. The number of hydrogen-bond donors (Lipinski definition) is 4. The van der Waals surface area contributed by atoms with Crippen LogP contribution in [0.5, 0.6) is 5.75 Å². The van der Waals surface area contributed by atoms with Gasteiger partial charge in [0, 0.05) is 23.9 Å². The van der Waals surface area contributed by atoms with E-state index < -0.39 is 6.10 Å². The molecular weight excluding hydrogens is 449 g/mol. The van der Waals surface area contributed by atoms with E-state index in [0.29, 0.717) is 64.8 Å². The summed E-state index contributed by atoms with van der Waals surface area (Å²) in [6.07, 6.45) is 3.65. The largest absolute Gasteiger partial charge is 0.492 e. The molecule has 1 aliphatic carbocycles. The Morgan fingerprint density at radius 2 is 2.12 bits per heavy atom. The number of β-amino-alcohol motifs (C(OH)–C–C–N with tert-alkyl or cyclic N) is 1. The van der Waals surface area contributed by atoms with E-state index in [1.54, 1.807) is 13.0 Å². The van der Waals surface area contributed by atoms with Gasteiger partial charge < -0.3 is 25.5 Å². The van der Waals surface area contributed by atoms with Crippen LogP contribution in [0.3, 0.4) is 0 Å². The van der Waals surface area contributed by atoms with Gasteiger partial charge in [-0.05, 0) is 50.8 Å². The third-order valence-electron chi connectivity index (χ3n) is 6.14. The summed E-state index contributed by atoms with van der Waals surface area (Å²) in [6.45, 7) is 3.52. The number of aromatic nitrogens is 3. The number of aromatic amines is 1. The number of hydrogen-bond acceptors (Lipinski definition) is 6. The Bertz CT molecular complexity index is 1170. The second-order valence-electron chi connectivity index (χ2n) is 8.61. The molecule has 3 heterocycles. The van der Waals surface area contributed by atoms with Crippen molar-refractivity contribution in [2.75, 3.05) is 19.7 Å². The number of H-pyrrole nitrogens is 1. The maximum Gasteiger partial charge on any atom is 0.255 e. The fraction of sp³-hybridized carbons (Fsp3) is 0.435. The average Bonchev–Trinajstić information content (AvgIpc) is 3.54. The molecule has 2 aromatic heterocycles. The van der Waals surface area contributed by atoms with Crippen molar-refractivity contribution < 1.29 is 19.0 Å². The van der Waals surface area contributed by atoms with Crippen molar-refractivity contribution in [3.8, 4) is 17.0 Å². The Labute approximate surface area is 196 Å². The van der Waals surface area contributed by atoms with Crippen LogP contribution in [0, 0.1) is 18.7 Å². The standard InChI is InChI=1S/C23H26FN5O3.ClH/c1-12-19(23(31)29-16-6-7-25-9-17(16)30)21-22(28-12)20(26-11-27-21)15-5-4-14(24)8-18(15)32-10-13-2-3-13;/h4-5,8,11,13,16-17,25,28,30H,2-3,6-7,9-10H2,1H3,(H,29,31);1H/t16-,17-;/m0./s1. The number of carbonyl (C=O) groups is 1. The minimum atomic E-state index is -0.645. The van der Waals surface area contributed by atoms with Crippen molar-refractivity contribution >= 4 is 29.3 Å². The van der Waals surface area contributed by atoms with Crippen LogP contribution in [-0.4, -0.2) is 57.8 Å². The van der Waals surface area contributed by atoms with Gasteiger partial charge in [0.15, 0.2) is 0 Å². The van der Waals surface area contributed by atoms with Gasteiger partial charge >= 0.3 is 0 Å². The number of nitrogens with zero attached hydrogens (tertiary/aromatic N) is 2. The molecule has 10 heteroatoms. The molecular formula is C23H27ClFN5O3. The number of nitrogens with one attached hydrogen (secondary N) is 3. The number of benzene rings is 1. The zero-order valence-electron chi connectivity index (χ0n) is 18.2. The lowest BCUT2D eigenvalue weighted by atomic mass is 10.0. The molecule has 5 rings (SSSR count). The predicted molar refractivity (Wildman–Crippen MR) is 124 cm³/mol. The highest BCUT2D eigenvalue weighted by atomic mass is 35.5. The quantitative estimate of drug-likeness (QED) is 0.436. The van der Waals surface area contributed by atoms with Crippen molar-refractivity contribution in [1.82, 2.24) is 25.6 Å². The number of amides is 1. The molecule has 1 amide bonds. The smallest absolute Gasteiger partial charge is 0.255 e. The number of halogens is 2. The molecule has 3 aromatic rings. The van der Waals surface area contributed by atoms with Gasteiger partial charge in [0.05, 0.1) is 29.8 Å². The second kappa shape index (κ2) is 9.62. The van der Waals surface area contributed by atoms with Gasteiger partial charge in [0.25, 0.3) is 5.91 Å². The first-order valence-corrected chi connectivity index (χ1v) is 11.0. The van der Waals surface area contributed by atoms with Crippen LogP contribution in [-0.2, 0) is 0 Å². The number of ether oxygens (including phenoxy) is 1. The van der Waals surface area contributed by atoms with E-state index in [-0.39, 0.29) is 30.2 Å². The van der Waals surface area contributed by atoms with Crippen molar-refractivity contribution in [3.05, 3.63) is 41.6 Å². The van der Waals surface area contributed by atoms with E-state index in [1.165, 1.54) is 18.5 Å². The number of aliphatic hydroxyl groups excluding tert-OH is 1. The topological polar surface area (TPSA) is 112 Å². The summed E-state index contributed by atoms with van der Waals surface area (Å²) in [5.74, 6) is 0.264. The number of carbonyl (C=O) groups excluding carboxylic acids is 1. The third-order valence-corrected chi connectivity index (χ3v) is 6.14. The molecule has 2 atom stereocenters. The lowest BCUT2D eigenvalue weighted by molar-refractivity contribution is 0.0766. The van der Waals surface area contributed by atoms with E-state index in [9.17, 15) is 14.3 Å². The molecule has 1 aliphatic heterocycles. The Morgan fingerprint density at radius 1 is 1.30 bits per heavy atom. The van der Waals surface area contributed by atoms with Crippen LogP contribution in [0.15, 0.2) is 24.5 Å². The average molecular weight is 476 g/mol. The van der Waals surface area contributed by atoms with Crippen LogP contribution < -0.4 is 15.4 Å².